The van der Waals surface area contributed by atoms with Gasteiger partial charge in [-0.1, -0.05) is 50.8 Å². The fourth-order valence-electron chi connectivity index (χ4n) is 7.79. The first-order valence-corrected chi connectivity index (χ1v) is 16.2. The van der Waals surface area contributed by atoms with E-state index in [2.05, 4.69) is 16.7 Å². The average molecular weight is 593 g/mol. The average Bonchev–Trinajstić information content (AvgIpc) is 3.33. The van der Waals surface area contributed by atoms with Crippen molar-refractivity contribution in [2.24, 2.45) is 35.5 Å². The number of rotatable bonds is 11. The number of aliphatic carboxylic acids is 1. The minimum atomic E-state index is -2.95. The van der Waals surface area contributed by atoms with E-state index in [1.165, 1.54) is 24.6 Å². The first-order valence-electron chi connectivity index (χ1n) is 16.2. The Bertz CT molecular complexity index is 1090. The summed E-state index contributed by atoms with van der Waals surface area (Å²) in [5.41, 5.74) is 1.04. The first-order chi connectivity index (χ1) is 20.0. The molecule has 5 rings (SSSR count). The third kappa shape index (κ3) is 7.40. The van der Waals surface area contributed by atoms with E-state index >= 15 is 0 Å². The smallest absolute Gasteiger partial charge is 0.320 e. The molecule has 5 aliphatic rings. The summed E-state index contributed by atoms with van der Waals surface area (Å²) in [5, 5.41) is 10.1. The minimum absolute atomic E-state index is 0.0623. The van der Waals surface area contributed by atoms with E-state index in [9.17, 15) is 27.5 Å². The van der Waals surface area contributed by atoms with E-state index in [1.807, 2.05) is 0 Å². The molecule has 0 spiro atoms. The molecule has 0 bridgehead atoms. The number of alkyl halides is 3. The lowest BCUT2D eigenvalue weighted by molar-refractivity contribution is -0.144. The molecular weight excluding hydrogens is 544 g/mol. The number of carboxylic acid groups (broad SMARTS) is 1. The normalized spacial score (nSPS) is 32.7. The summed E-state index contributed by atoms with van der Waals surface area (Å²) in [5.74, 6) is -3.17. The highest BCUT2D eigenvalue weighted by Crippen LogP contribution is 2.42. The molecule has 3 aliphatic carbocycles. The summed E-state index contributed by atoms with van der Waals surface area (Å²) in [6, 6.07) is -0.497. The second-order valence-electron chi connectivity index (χ2n) is 13.8. The van der Waals surface area contributed by atoms with E-state index in [-0.39, 0.29) is 41.5 Å². The maximum Gasteiger partial charge on any atom is 0.320 e. The van der Waals surface area contributed by atoms with Gasteiger partial charge in [-0.15, -0.1) is 0 Å². The largest absolute Gasteiger partial charge is 0.480 e. The van der Waals surface area contributed by atoms with Crippen LogP contribution in [-0.4, -0.2) is 71.7 Å². The number of nitrogens with zero attached hydrogens (tertiary/aromatic N) is 2. The number of hydrogen-bond donors (Lipinski definition) is 1. The Labute approximate surface area is 248 Å². The third-order valence-electron chi connectivity index (χ3n) is 10.8. The lowest BCUT2D eigenvalue weighted by atomic mass is 9.78. The molecule has 1 saturated carbocycles. The van der Waals surface area contributed by atoms with Gasteiger partial charge in [0.2, 0.25) is 0 Å². The van der Waals surface area contributed by atoms with Crippen LogP contribution in [-0.2, 0) is 4.79 Å². The molecule has 2 heterocycles. The lowest BCUT2D eigenvalue weighted by Gasteiger charge is -2.36. The van der Waals surface area contributed by atoms with Gasteiger partial charge in [0.1, 0.15) is 18.0 Å². The Morgan fingerprint density at radius 2 is 1.86 bits per heavy atom. The molecule has 4 nitrogen and oxygen atoms in total. The van der Waals surface area contributed by atoms with Crippen LogP contribution in [0.3, 0.4) is 0 Å². The van der Waals surface area contributed by atoms with E-state index in [4.69, 9.17) is 0 Å². The van der Waals surface area contributed by atoms with Crippen molar-refractivity contribution in [3.8, 4) is 0 Å². The van der Waals surface area contributed by atoms with Gasteiger partial charge < -0.3 is 10.0 Å². The molecule has 0 amide bonds. The number of carbonyl (C=O) groups is 1. The summed E-state index contributed by atoms with van der Waals surface area (Å²) < 4.78 is 57.9. The molecule has 2 saturated heterocycles. The van der Waals surface area contributed by atoms with Gasteiger partial charge in [-0.05, 0) is 93.0 Å². The monoisotopic (exact) mass is 592 g/mol. The summed E-state index contributed by atoms with van der Waals surface area (Å²) in [7, 11) is 0. The number of allylic oxidation sites excluding steroid dienone is 7. The number of halogens is 4. The van der Waals surface area contributed by atoms with Crippen molar-refractivity contribution >= 4 is 5.97 Å². The molecule has 234 valence electrons. The summed E-state index contributed by atoms with van der Waals surface area (Å²) in [6.45, 7) is 7.57. The molecule has 3 fully saturated rings. The van der Waals surface area contributed by atoms with Crippen LogP contribution in [0.15, 0.2) is 47.4 Å². The highest BCUT2D eigenvalue weighted by Gasteiger charge is 2.43. The quantitative estimate of drug-likeness (QED) is 0.251. The van der Waals surface area contributed by atoms with Gasteiger partial charge >= 0.3 is 5.97 Å². The zero-order valence-electron chi connectivity index (χ0n) is 25.2. The Morgan fingerprint density at radius 1 is 1.12 bits per heavy atom. The number of piperidine rings is 1. The molecule has 0 radical (unpaired) electrons. The summed E-state index contributed by atoms with van der Waals surface area (Å²) in [4.78, 5) is 16.9. The maximum atomic E-state index is 14.9. The molecule has 3 unspecified atom stereocenters. The summed E-state index contributed by atoms with van der Waals surface area (Å²) >= 11 is 0. The fourth-order valence-corrected chi connectivity index (χ4v) is 7.79. The van der Waals surface area contributed by atoms with Crippen molar-refractivity contribution in [2.45, 2.75) is 89.8 Å². The van der Waals surface area contributed by atoms with Gasteiger partial charge in [0.15, 0.2) is 0 Å². The van der Waals surface area contributed by atoms with E-state index < -0.39 is 30.0 Å². The highest BCUT2D eigenvalue weighted by molar-refractivity contribution is 5.73. The van der Waals surface area contributed by atoms with Gasteiger partial charge in [0, 0.05) is 37.5 Å². The van der Waals surface area contributed by atoms with Crippen LogP contribution in [0.2, 0.25) is 0 Å². The van der Waals surface area contributed by atoms with E-state index in [0.717, 1.165) is 50.9 Å². The fraction of sp³-hybridized carbons (Fsp3) is 0.735. The van der Waals surface area contributed by atoms with Crippen LogP contribution in [0.5, 0.6) is 0 Å². The Kier molecular flexibility index (Phi) is 10.0. The number of likely N-dealkylation sites (tertiary alicyclic amines) is 2. The topological polar surface area (TPSA) is 43.8 Å². The highest BCUT2D eigenvalue weighted by atomic mass is 19.3. The zero-order chi connectivity index (χ0) is 30.0. The van der Waals surface area contributed by atoms with Gasteiger partial charge in [-0.2, -0.15) is 0 Å². The molecule has 42 heavy (non-hydrogen) atoms. The third-order valence-corrected chi connectivity index (χ3v) is 10.8. The second-order valence-corrected chi connectivity index (χ2v) is 13.8. The standard InChI is InChI=1S/C34H48F4N2O2/c1-22-6-8-28(35)18-29(22)30-21-40(32(33(41)42)17-25-4-3-5-25)20-26(30)19-39-14-11-24(12-15-39)10-13-34(37,38)27-7-9-31(36)23(2)16-27/h7-9,16,18,22-26,30-32H,3-6,10-15,17,19-21H2,1-2H3,(H,41,42)/t22?,23?,26-,30-,31?,32+/m0/s1. The van der Waals surface area contributed by atoms with E-state index in [1.54, 1.807) is 19.1 Å². The van der Waals surface area contributed by atoms with Crippen LogP contribution < -0.4 is 0 Å². The molecular formula is C34H48F4N2O2. The van der Waals surface area contributed by atoms with Crippen molar-refractivity contribution in [1.29, 1.82) is 0 Å². The Morgan fingerprint density at radius 3 is 2.50 bits per heavy atom. The van der Waals surface area contributed by atoms with Crippen LogP contribution >= 0.6 is 0 Å². The SMILES string of the molecule is CC1CC=C(F)C=C1[C@H]1CN([C@H](CC2CCC2)C(=O)O)C[C@@H]1CN1CCC(CCC(F)(F)C2=CC(C)C(F)C=C2)CC1. The molecule has 0 aromatic carbocycles. The van der Waals surface area contributed by atoms with Gasteiger partial charge in [-0.25, -0.2) is 17.6 Å². The molecule has 6 atom stereocenters. The van der Waals surface area contributed by atoms with E-state index in [0.29, 0.717) is 38.3 Å². The van der Waals surface area contributed by atoms with Crippen LogP contribution in [0.1, 0.15) is 71.6 Å². The predicted octanol–water partition coefficient (Wildman–Crippen LogP) is 7.60. The van der Waals surface area contributed by atoms with Crippen molar-refractivity contribution in [1.82, 2.24) is 9.80 Å². The molecule has 2 aliphatic heterocycles. The molecule has 0 aromatic heterocycles. The van der Waals surface area contributed by atoms with Crippen LogP contribution in [0.25, 0.3) is 0 Å². The van der Waals surface area contributed by atoms with Crippen LogP contribution in [0.4, 0.5) is 17.6 Å². The van der Waals surface area contributed by atoms with Crippen molar-refractivity contribution in [3.05, 3.63) is 47.4 Å². The maximum absolute atomic E-state index is 14.9. The molecule has 0 aromatic rings. The van der Waals surface area contributed by atoms with Gasteiger partial charge in [-0.3, -0.25) is 9.69 Å². The lowest BCUT2D eigenvalue weighted by Crippen LogP contribution is -2.43. The number of hydrogen-bond acceptors (Lipinski definition) is 3. The van der Waals surface area contributed by atoms with Crippen molar-refractivity contribution in [2.75, 3.05) is 32.7 Å². The molecule has 1 N–H and O–H groups in total. The molecule has 8 heteroatoms. The summed E-state index contributed by atoms with van der Waals surface area (Å²) in [6.07, 6.45) is 12.7. The number of carboxylic acids is 1. The van der Waals surface area contributed by atoms with Crippen molar-refractivity contribution < 1.29 is 27.5 Å². The Balaban J connectivity index is 1.19. The van der Waals surface area contributed by atoms with Gasteiger partial charge in [0.05, 0.1) is 0 Å². The van der Waals surface area contributed by atoms with Crippen molar-refractivity contribution in [3.63, 3.8) is 0 Å². The Hall–Kier alpha value is -1.93. The van der Waals surface area contributed by atoms with Crippen LogP contribution in [0, 0.1) is 35.5 Å². The second kappa shape index (κ2) is 13.4. The predicted molar refractivity (Wildman–Crippen MR) is 158 cm³/mol. The first kappa shape index (κ1) is 31.5. The van der Waals surface area contributed by atoms with Gasteiger partial charge in [0.25, 0.3) is 5.92 Å². The zero-order valence-corrected chi connectivity index (χ0v) is 25.2. The minimum Gasteiger partial charge on any atom is -0.480 e.